The van der Waals surface area contributed by atoms with Crippen LogP contribution in [0.2, 0.25) is 0 Å². The first-order chi connectivity index (χ1) is 9.13. The van der Waals surface area contributed by atoms with Crippen LogP contribution in [0.15, 0.2) is 22.6 Å². The van der Waals surface area contributed by atoms with Crippen molar-refractivity contribution in [3.05, 3.63) is 29.7 Å². The van der Waals surface area contributed by atoms with Gasteiger partial charge >= 0.3 is 6.01 Å². The van der Waals surface area contributed by atoms with Crippen LogP contribution < -0.4 is 15.4 Å². The minimum atomic E-state index is 0.0284. The van der Waals surface area contributed by atoms with Crippen molar-refractivity contribution in [2.75, 3.05) is 19.5 Å². The summed E-state index contributed by atoms with van der Waals surface area (Å²) in [7, 11) is 3.49. The van der Waals surface area contributed by atoms with Gasteiger partial charge in [-0.3, -0.25) is 0 Å². The normalized spacial score (nSPS) is 12.2. The van der Waals surface area contributed by atoms with Crippen molar-refractivity contribution in [2.45, 2.75) is 19.9 Å². The second-order valence-electron chi connectivity index (χ2n) is 4.27. The van der Waals surface area contributed by atoms with Gasteiger partial charge in [-0.25, -0.2) is 0 Å². The summed E-state index contributed by atoms with van der Waals surface area (Å²) in [5, 5.41) is 14.0. The third kappa shape index (κ3) is 3.03. The minimum Gasteiger partial charge on any atom is -0.496 e. The summed E-state index contributed by atoms with van der Waals surface area (Å²) >= 11 is 0. The Morgan fingerprint density at radius 3 is 2.74 bits per heavy atom. The van der Waals surface area contributed by atoms with E-state index in [1.807, 2.05) is 39.1 Å². The molecule has 1 aromatic heterocycles. The van der Waals surface area contributed by atoms with Gasteiger partial charge in [-0.2, -0.15) is 0 Å². The molecule has 0 spiro atoms. The highest BCUT2D eigenvalue weighted by molar-refractivity contribution is 5.56. The first-order valence-corrected chi connectivity index (χ1v) is 6.06. The number of nitrogens with one attached hydrogen (secondary N) is 2. The molecule has 0 saturated carbocycles. The van der Waals surface area contributed by atoms with Crippen LogP contribution in [-0.2, 0) is 0 Å². The van der Waals surface area contributed by atoms with Gasteiger partial charge in [0, 0.05) is 5.69 Å². The number of benzene rings is 1. The summed E-state index contributed by atoms with van der Waals surface area (Å²) < 4.78 is 10.7. The van der Waals surface area contributed by atoms with Crippen molar-refractivity contribution >= 4 is 11.7 Å². The lowest BCUT2D eigenvalue weighted by atomic mass is 10.2. The van der Waals surface area contributed by atoms with Crippen LogP contribution in [0.3, 0.4) is 0 Å². The van der Waals surface area contributed by atoms with Crippen molar-refractivity contribution in [3.8, 4) is 5.75 Å². The molecule has 0 saturated heterocycles. The van der Waals surface area contributed by atoms with Gasteiger partial charge < -0.3 is 19.8 Å². The van der Waals surface area contributed by atoms with Crippen molar-refractivity contribution in [3.63, 3.8) is 0 Å². The molecule has 0 aliphatic rings. The van der Waals surface area contributed by atoms with E-state index >= 15 is 0 Å². The van der Waals surface area contributed by atoms with Gasteiger partial charge in [0.05, 0.1) is 13.2 Å². The predicted molar refractivity (Wildman–Crippen MR) is 72.8 cm³/mol. The van der Waals surface area contributed by atoms with Crippen molar-refractivity contribution in [1.29, 1.82) is 0 Å². The second kappa shape index (κ2) is 5.71. The van der Waals surface area contributed by atoms with Crippen LogP contribution in [0.4, 0.5) is 11.7 Å². The van der Waals surface area contributed by atoms with Gasteiger partial charge in [-0.15, -0.1) is 5.10 Å². The van der Waals surface area contributed by atoms with Crippen molar-refractivity contribution < 1.29 is 9.15 Å². The van der Waals surface area contributed by atoms with Crippen LogP contribution in [0.25, 0.3) is 0 Å². The largest absolute Gasteiger partial charge is 0.496 e. The first kappa shape index (κ1) is 13.4. The maximum Gasteiger partial charge on any atom is 0.320 e. The van der Waals surface area contributed by atoms with E-state index in [0.29, 0.717) is 11.9 Å². The van der Waals surface area contributed by atoms with E-state index in [9.17, 15) is 0 Å². The molecule has 0 amide bonds. The Morgan fingerprint density at radius 2 is 2.11 bits per heavy atom. The number of methoxy groups -OCH3 is 1. The Labute approximate surface area is 112 Å². The average molecular weight is 262 g/mol. The molecule has 2 rings (SSSR count). The summed E-state index contributed by atoms with van der Waals surface area (Å²) in [4.78, 5) is 0. The molecule has 19 heavy (non-hydrogen) atoms. The third-order valence-corrected chi connectivity index (χ3v) is 2.89. The van der Waals surface area contributed by atoms with E-state index in [1.165, 1.54) is 0 Å². The molecule has 1 atom stereocenters. The Balaban J connectivity index is 2.12. The summed E-state index contributed by atoms with van der Waals surface area (Å²) in [6, 6.07) is 6.16. The van der Waals surface area contributed by atoms with Crippen molar-refractivity contribution in [2.24, 2.45) is 0 Å². The molecule has 0 radical (unpaired) electrons. The SMILES string of the molecule is CNC(C)c1nnc(Nc2ccc(OC)c(C)c2)o1. The van der Waals surface area contributed by atoms with E-state index in [2.05, 4.69) is 20.8 Å². The first-order valence-electron chi connectivity index (χ1n) is 6.06. The highest BCUT2D eigenvalue weighted by Crippen LogP contribution is 2.24. The third-order valence-electron chi connectivity index (χ3n) is 2.89. The second-order valence-corrected chi connectivity index (χ2v) is 4.27. The van der Waals surface area contributed by atoms with E-state index < -0.39 is 0 Å². The highest BCUT2D eigenvalue weighted by Gasteiger charge is 2.12. The molecule has 1 heterocycles. The van der Waals surface area contributed by atoms with E-state index in [1.54, 1.807) is 7.11 Å². The standard InChI is InChI=1S/C13H18N4O2/c1-8-7-10(5-6-11(8)18-4)15-13-17-16-12(19-13)9(2)14-3/h5-7,9,14H,1-4H3,(H,15,17). The Kier molecular flexibility index (Phi) is 4.01. The molecule has 6 heteroatoms. The number of hydrogen-bond donors (Lipinski definition) is 2. The molecule has 2 N–H and O–H groups in total. The van der Waals surface area contributed by atoms with Gasteiger partial charge in [0.2, 0.25) is 5.89 Å². The molecule has 2 aromatic rings. The molecule has 1 aromatic carbocycles. The van der Waals surface area contributed by atoms with Crippen LogP contribution in [0, 0.1) is 6.92 Å². The lowest BCUT2D eigenvalue weighted by Crippen LogP contribution is -2.12. The number of aromatic nitrogens is 2. The Bertz CT molecular complexity index is 553. The monoisotopic (exact) mass is 262 g/mol. The lowest BCUT2D eigenvalue weighted by molar-refractivity contribution is 0.411. The maximum atomic E-state index is 5.51. The predicted octanol–water partition coefficient (Wildman–Crippen LogP) is 2.41. The maximum absolute atomic E-state index is 5.51. The van der Waals surface area contributed by atoms with E-state index in [0.717, 1.165) is 17.0 Å². The quantitative estimate of drug-likeness (QED) is 0.862. The topological polar surface area (TPSA) is 72.2 Å². The Morgan fingerprint density at radius 1 is 1.32 bits per heavy atom. The summed E-state index contributed by atoms with van der Waals surface area (Å²) in [5.41, 5.74) is 1.92. The number of nitrogens with zero attached hydrogens (tertiary/aromatic N) is 2. The molecule has 0 aliphatic carbocycles. The average Bonchev–Trinajstić information content (AvgIpc) is 2.86. The molecular formula is C13H18N4O2. The van der Waals surface area contributed by atoms with Crippen LogP contribution >= 0.6 is 0 Å². The minimum absolute atomic E-state index is 0.0284. The number of hydrogen-bond acceptors (Lipinski definition) is 6. The van der Waals surface area contributed by atoms with E-state index in [-0.39, 0.29) is 6.04 Å². The lowest BCUT2D eigenvalue weighted by Gasteiger charge is -2.07. The van der Waals surface area contributed by atoms with Crippen LogP contribution in [-0.4, -0.2) is 24.4 Å². The van der Waals surface area contributed by atoms with Crippen LogP contribution in [0.1, 0.15) is 24.4 Å². The number of aryl methyl sites for hydroxylation is 1. The van der Waals surface area contributed by atoms with Crippen LogP contribution in [0.5, 0.6) is 5.75 Å². The van der Waals surface area contributed by atoms with Crippen molar-refractivity contribution in [1.82, 2.24) is 15.5 Å². The zero-order chi connectivity index (χ0) is 13.8. The molecule has 6 nitrogen and oxygen atoms in total. The fourth-order valence-corrected chi connectivity index (χ4v) is 1.66. The van der Waals surface area contributed by atoms with Gasteiger partial charge in [0.15, 0.2) is 0 Å². The summed E-state index contributed by atoms with van der Waals surface area (Å²) in [6.45, 7) is 3.93. The summed E-state index contributed by atoms with van der Waals surface area (Å²) in [6.07, 6.45) is 0. The van der Waals surface area contributed by atoms with E-state index in [4.69, 9.17) is 9.15 Å². The molecule has 102 valence electrons. The number of ether oxygens (including phenoxy) is 1. The van der Waals surface area contributed by atoms with Gasteiger partial charge in [0.25, 0.3) is 0 Å². The zero-order valence-corrected chi connectivity index (χ0v) is 11.5. The zero-order valence-electron chi connectivity index (χ0n) is 11.5. The fourth-order valence-electron chi connectivity index (χ4n) is 1.66. The van der Waals surface area contributed by atoms with Gasteiger partial charge in [0.1, 0.15) is 5.75 Å². The molecule has 0 aliphatic heterocycles. The molecule has 1 unspecified atom stereocenters. The van der Waals surface area contributed by atoms with Gasteiger partial charge in [-0.1, -0.05) is 5.10 Å². The molecular weight excluding hydrogens is 244 g/mol. The molecule has 0 bridgehead atoms. The Hall–Kier alpha value is -2.08. The number of rotatable bonds is 5. The van der Waals surface area contributed by atoms with Gasteiger partial charge in [-0.05, 0) is 44.7 Å². The molecule has 0 fully saturated rings. The highest BCUT2D eigenvalue weighted by atomic mass is 16.5. The fraction of sp³-hybridized carbons (Fsp3) is 0.385. The number of anilines is 2. The summed E-state index contributed by atoms with van der Waals surface area (Å²) in [5.74, 6) is 1.40. The smallest absolute Gasteiger partial charge is 0.320 e.